The van der Waals surface area contributed by atoms with Crippen LogP contribution in [0.1, 0.15) is 86.3 Å². The minimum atomic E-state index is 0.0102. The molecule has 0 amide bonds. The largest absolute Gasteiger partial charge is 0.396 e. The average Bonchev–Trinajstić information content (AvgIpc) is 3.21. The monoisotopic (exact) mass is 720 g/mol. The molecule has 0 spiro atoms. The van der Waals surface area contributed by atoms with Crippen molar-refractivity contribution in [3.63, 3.8) is 0 Å². The summed E-state index contributed by atoms with van der Waals surface area (Å²) < 4.78 is 0. The van der Waals surface area contributed by atoms with Crippen LogP contribution < -0.4 is 5.32 Å². The molecule has 1 N–H and O–H groups in total. The summed E-state index contributed by atoms with van der Waals surface area (Å²) in [6.07, 6.45) is 24.4. The Bertz CT molecular complexity index is 2220. The predicted molar refractivity (Wildman–Crippen MR) is 244 cm³/mol. The van der Waals surface area contributed by atoms with Gasteiger partial charge >= 0.3 is 0 Å². The zero-order chi connectivity index (χ0) is 38.6. The van der Waals surface area contributed by atoms with Gasteiger partial charge in [-0.3, -0.25) is 4.99 Å². The maximum absolute atomic E-state index is 5.43. The summed E-state index contributed by atoms with van der Waals surface area (Å²) in [5.41, 5.74) is 19.2. The van der Waals surface area contributed by atoms with Crippen molar-refractivity contribution in [2.45, 2.75) is 79.6 Å². The third kappa shape index (κ3) is 9.46. The molecule has 0 aliphatic heterocycles. The second kappa shape index (κ2) is 19.3. The summed E-state index contributed by atoms with van der Waals surface area (Å²) in [4.78, 5) is 5.43. The second-order valence-electron chi connectivity index (χ2n) is 14.9. The molecule has 2 aliphatic carbocycles. The molecule has 2 nitrogen and oxygen atoms in total. The lowest BCUT2D eigenvalue weighted by atomic mass is 9.77. The number of benzene rings is 4. The van der Waals surface area contributed by atoms with Gasteiger partial charge in [0.15, 0.2) is 0 Å². The van der Waals surface area contributed by atoms with Gasteiger partial charge in [0.25, 0.3) is 0 Å². The van der Waals surface area contributed by atoms with Gasteiger partial charge in [-0.1, -0.05) is 140 Å². The van der Waals surface area contributed by atoms with Crippen LogP contribution in [0.3, 0.4) is 0 Å². The van der Waals surface area contributed by atoms with Gasteiger partial charge in [0.2, 0.25) is 0 Å². The summed E-state index contributed by atoms with van der Waals surface area (Å²) in [5.74, 6) is 0. The molecule has 0 saturated carbocycles. The van der Waals surface area contributed by atoms with E-state index in [1.807, 2.05) is 0 Å². The molecule has 6 rings (SSSR count). The van der Waals surface area contributed by atoms with Crippen LogP contribution in [-0.4, -0.2) is 26.0 Å². The van der Waals surface area contributed by atoms with Crippen molar-refractivity contribution in [3.8, 4) is 11.1 Å². The van der Waals surface area contributed by atoms with Crippen LogP contribution in [-0.2, 0) is 0 Å². The molecule has 4 aromatic carbocycles. The molecule has 0 radical (unpaired) electrons. The standard InChI is InChI=1S/C52H57BN2/c1-7-9-26-47(52(39(5)55-36-53-6)46-28-18-14-21-38(46)4)44-29-30-48(45-27-17-13-20-37(45)3)49(34-44)50-33-42-24-15-16-25-43(42)35-51(50)54-32-31-40(19-8-2)41-22-11-10-12-23-41/h7-14,17-23,26-34,51,53,55H,15-16,24-25,35-36H2,1-6H3/b9-7-,19-8-,40-31+,47-26+,52-39-,54-32+. The maximum atomic E-state index is 5.43. The fraction of sp³-hybridized carbons (Fsp3) is 0.250. The highest BCUT2D eigenvalue weighted by Gasteiger charge is 2.28. The van der Waals surface area contributed by atoms with Crippen LogP contribution in [0.5, 0.6) is 0 Å². The van der Waals surface area contributed by atoms with E-state index in [1.165, 1.54) is 91.8 Å². The van der Waals surface area contributed by atoms with E-state index in [1.54, 1.807) is 5.57 Å². The first-order valence-electron chi connectivity index (χ1n) is 20.3. The molecule has 2 aliphatic rings. The van der Waals surface area contributed by atoms with Gasteiger partial charge in [0.05, 0.1) is 6.04 Å². The lowest BCUT2D eigenvalue weighted by molar-refractivity contribution is 0.634. The van der Waals surface area contributed by atoms with Crippen molar-refractivity contribution in [2.24, 2.45) is 4.99 Å². The first-order chi connectivity index (χ1) is 26.9. The van der Waals surface area contributed by atoms with Crippen molar-refractivity contribution in [1.82, 2.24) is 5.32 Å². The van der Waals surface area contributed by atoms with Gasteiger partial charge in [-0.15, -0.1) is 0 Å². The Hall–Kier alpha value is -5.41. The topological polar surface area (TPSA) is 24.4 Å². The maximum Gasteiger partial charge on any atom is 0.141 e. The SMILES string of the molecule is CBCN\C(C)=C(/C(=C/C=C\C)c1ccc(-c2ccccc2C)c(C2=CC3=C(CCCC3)CC2/N=C/C=C(\C=C/C)c2ccccc2)c1)c1ccccc1C. The Morgan fingerprint density at radius 2 is 1.53 bits per heavy atom. The summed E-state index contributed by atoms with van der Waals surface area (Å²) >= 11 is 0. The second-order valence-corrected chi connectivity index (χ2v) is 14.9. The van der Waals surface area contributed by atoms with Crippen molar-refractivity contribution in [3.05, 3.63) is 190 Å². The van der Waals surface area contributed by atoms with E-state index in [4.69, 9.17) is 4.99 Å². The fourth-order valence-electron chi connectivity index (χ4n) is 8.08. The number of aryl methyl sites for hydroxylation is 2. The zero-order valence-corrected chi connectivity index (χ0v) is 33.8. The summed E-state index contributed by atoms with van der Waals surface area (Å²) in [6.45, 7) is 13.1. The molecule has 3 heteroatoms. The Labute approximate surface area is 331 Å². The van der Waals surface area contributed by atoms with Gasteiger partial charge < -0.3 is 5.32 Å². The molecule has 278 valence electrons. The van der Waals surface area contributed by atoms with Gasteiger partial charge in [-0.2, -0.15) is 0 Å². The molecule has 0 bridgehead atoms. The summed E-state index contributed by atoms with van der Waals surface area (Å²) in [5, 5.41) is 3.77. The lowest BCUT2D eigenvalue weighted by Crippen LogP contribution is -2.19. The number of rotatable bonds is 13. The minimum absolute atomic E-state index is 0.0102. The number of nitrogens with zero attached hydrogens (tertiary/aromatic N) is 1. The van der Waals surface area contributed by atoms with Crippen LogP contribution in [0.2, 0.25) is 6.82 Å². The lowest BCUT2D eigenvalue weighted by Gasteiger charge is -2.30. The molecular weight excluding hydrogens is 663 g/mol. The van der Waals surface area contributed by atoms with Gasteiger partial charge in [-0.25, -0.2) is 0 Å². The van der Waals surface area contributed by atoms with Crippen molar-refractivity contribution in [2.75, 3.05) is 6.44 Å². The predicted octanol–water partition coefficient (Wildman–Crippen LogP) is 13.1. The van der Waals surface area contributed by atoms with E-state index in [9.17, 15) is 0 Å². The third-order valence-corrected chi connectivity index (χ3v) is 11.0. The van der Waals surface area contributed by atoms with Crippen LogP contribution in [0.15, 0.2) is 161 Å². The van der Waals surface area contributed by atoms with Gasteiger partial charge in [-0.05, 0) is 152 Å². The van der Waals surface area contributed by atoms with E-state index in [0.717, 1.165) is 32.1 Å². The Morgan fingerprint density at radius 3 is 2.27 bits per heavy atom. The van der Waals surface area contributed by atoms with Crippen molar-refractivity contribution < 1.29 is 0 Å². The quantitative estimate of drug-likeness (QED) is 0.0830. The molecule has 0 fully saturated rings. The van der Waals surface area contributed by atoms with E-state index in [2.05, 4.69) is 193 Å². The van der Waals surface area contributed by atoms with Gasteiger partial charge in [0.1, 0.15) is 7.28 Å². The Kier molecular flexibility index (Phi) is 13.8. The van der Waals surface area contributed by atoms with Gasteiger partial charge in [0, 0.05) is 17.5 Å². The average molecular weight is 721 g/mol. The Morgan fingerprint density at radius 1 is 0.782 bits per heavy atom. The highest BCUT2D eigenvalue weighted by Crippen LogP contribution is 2.44. The fourth-order valence-corrected chi connectivity index (χ4v) is 8.08. The first kappa shape index (κ1) is 39.3. The molecular formula is C52H57BN2. The smallest absolute Gasteiger partial charge is 0.141 e. The van der Waals surface area contributed by atoms with E-state index in [-0.39, 0.29) is 6.04 Å². The number of hydrogen-bond donors (Lipinski definition) is 1. The number of allylic oxidation sites excluding steroid dienone is 12. The van der Waals surface area contributed by atoms with E-state index >= 15 is 0 Å². The third-order valence-electron chi connectivity index (χ3n) is 11.0. The van der Waals surface area contributed by atoms with Crippen LogP contribution >= 0.6 is 0 Å². The highest BCUT2D eigenvalue weighted by molar-refractivity contribution is 6.33. The summed E-state index contributed by atoms with van der Waals surface area (Å²) in [7, 11) is 1.06. The zero-order valence-electron chi connectivity index (χ0n) is 33.8. The number of aliphatic imine (C=N–C) groups is 1. The van der Waals surface area contributed by atoms with E-state index < -0.39 is 0 Å². The molecule has 1 unspecified atom stereocenters. The summed E-state index contributed by atoms with van der Waals surface area (Å²) in [6, 6.07) is 35.4. The highest BCUT2D eigenvalue weighted by atomic mass is 14.8. The van der Waals surface area contributed by atoms with Crippen LogP contribution in [0, 0.1) is 13.8 Å². The minimum Gasteiger partial charge on any atom is -0.396 e. The molecule has 0 aromatic heterocycles. The molecule has 55 heavy (non-hydrogen) atoms. The molecule has 1 atom stereocenters. The van der Waals surface area contributed by atoms with Crippen molar-refractivity contribution >= 4 is 35.8 Å². The van der Waals surface area contributed by atoms with E-state index in [0.29, 0.717) is 0 Å². The molecule has 0 saturated heterocycles. The van der Waals surface area contributed by atoms with Crippen molar-refractivity contribution in [1.29, 1.82) is 0 Å². The molecule has 0 heterocycles. The number of nitrogens with one attached hydrogen (secondary N) is 1. The first-order valence-corrected chi connectivity index (χ1v) is 20.3. The van der Waals surface area contributed by atoms with Crippen LogP contribution in [0.25, 0.3) is 33.4 Å². The van der Waals surface area contributed by atoms with Crippen LogP contribution in [0.4, 0.5) is 0 Å². The molecule has 4 aromatic rings. The number of hydrogen-bond acceptors (Lipinski definition) is 2. The normalized spacial score (nSPS) is 17.1. The Balaban J connectivity index is 1.58.